The minimum Gasteiger partial charge on any atom is -0.330 e. The Hall–Kier alpha value is -0.920. The van der Waals surface area contributed by atoms with E-state index in [1.807, 2.05) is 47.7 Å². The molecule has 0 amide bonds. The smallest absolute Gasteiger partial charge is 0.182 e. The van der Waals surface area contributed by atoms with E-state index < -0.39 is 0 Å². The van der Waals surface area contributed by atoms with Crippen molar-refractivity contribution in [3.63, 3.8) is 0 Å². The van der Waals surface area contributed by atoms with Crippen molar-refractivity contribution in [3.8, 4) is 5.69 Å². The van der Waals surface area contributed by atoms with Crippen molar-refractivity contribution >= 4 is 57.4 Å². The van der Waals surface area contributed by atoms with Gasteiger partial charge in [-0.15, -0.1) is 0 Å². The molecule has 0 spiro atoms. The summed E-state index contributed by atoms with van der Waals surface area (Å²) in [7, 11) is 0. The van der Waals surface area contributed by atoms with Crippen LogP contribution in [0.2, 0.25) is 5.02 Å². The Bertz CT molecular complexity index is 885. The van der Waals surface area contributed by atoms with E-state index in [1.165, 1.54) is 6.07 Å². The van der Waals surface area contributed by atoms with Gasteiger partial charge in [-0.2, -0.15) is 0 Å². The number of benzene rings is 2. The number of fused-ring (bicyclic) bond motifs is 1. The van der Waals surface area contributed by atoms with Gasteiger partial charge in [0.2, 0.25) is 0 Å². The molecule has 0 aliphatic carbocycles. The fourth-order valence-electron chi connectivity index (χ4n) is 2.13. The molecule has 1 heterocycles. The summed E-state index contributed by atoms with van der Waals surface area (Å²) < 4.78 is 16.6. The molecule has 3 rings (SSSR count). The fourth-order valence-corrected chi connectivity index (χ4v) is 3.23. The predicted molar refractivity (Wildman–Crippen MR) is 90.9 cm³/mol. The lowest BCUT2D eigenvalue weighted by molar-refractivity contribution is 0.622. The quantitative estimate of drug-likeness (QED) is 0.415. The van der Waals surface area contributed by atoms with Gasteiger partial charge >= 0.3 is 0 Å². The second kappa shape index (κ2) is 5.13. The number of rotatable bonds is 1. The Kier molecular flexibility index (Phi) is 3.60. The molecule has 2 aromatic carbocycles. The maximum atomic E-state index is 13.8. The van der Waals surface area contributed by atoms with Gasteiger partial charge in [-0.05, 0) is 65.5 Å². The average Bonchev–Trinajstić information content (AvgIpc) is 2.66. The highest BCUT2D eigenvalue weighted by Crippen LogP contribution is 2.28. The Balaban J connectivity index is 2.39. The van der Waals surface area contributed by atoms with Gasteiger partial charge < -0.3 is 4.98 Å². The molecule has 0 saturated heterocycles. The van der Waals surface area contributed by atoms with Gasteiger partial charge in [0, 0.05) is 6.07 Å². The number of hydrogen-bond acceptors (Lipinski definition) is 1. The third kappa shape index (κ3) is 2.27. The Morgan fingerprint density at radius 1 is 1.30 bits per heavy atom. The van der Waals surface area contributed by atoms with Crippen LogP contribution in [0.1, 0.15) is 5.56 Å². The van der Waals surface area contributed by atoms with E-state index in [0.29, 0.717) is 18.9 Å². The van der Waals surface area contributed by atoms with E-state index in [1.54, 1.807) is 10.6 Å². The number of aryl methyl sites for hydroxylation is 1. The van der Waals surface area contributed by atoms with Crippen molar-refractivity contribution in [3.05, 3.63) is 55.1 Å². The lowest BCUT2D eigenvalue weighted by Crippen LogP contribution is -1.96. The van der Waals surface area contributed by atoms with Crippen molar-refractivity contribution in [1.29, 1.82) is 0 Å². The third-order valence-corrected chi connectivity index (χ3v) is 4.48. The molecule has 0 aliphatic rings. The van der Waals surface area contributed by atoms with Crippen LogP contribution >= 0.6 is 46.4 Å². The lowest BCUT2D eigenvalue weighted by Gasteiger charge is -2.08. The second-order valence-electron chi connectivity index (χ2n) is 4.50. The molecule has 20 heavy (non-hydrogen) atoms. The summed E-state index contributed by atoms with van der Waals surface area (Å²) in [5.41, 5.74) is 3.27. The molecule has 102 valence electrons. The normalized spacial score (nSPS) is 11.2. The fraction of sp³-hybridized carbons (Fsp3) is 0.0714. The first-order valence-corrected chi connectivity index (χ1v) is 7.70. The minimum absolute atomic E-state index is 0.274. The van der Waals surface area contributed by atoms with E-state index in [4.69, 9.17) is 23.8 Å². The van der Waals surface area contributed by atoms with Crippen molar-refractivity contribution in [2.45, 2.75) is 6.92 Å². The third-order valence-electron chi connectivity index (χ3n) is 3.07. The zero-order valence-corrected chi connectivity index (χ0v) is 14.1. The minimum atomic E-state index is -0.274. The summed E-state index contributed by atoms with van der Waals surface area (Å²) in [6, 6.07) is 8.90. The monoisotopic (exact) mass is 418 g/mol. The molecular weight excluding hydrogens is 410 g/mol. The molecule has 0 radical (unpaired) electrons. The van der Waals surface area contributed by atoms with E-state index in [-0.39, 0.29) is 5.82 Å². The second-order valence-corrected chi connectivity index (χ2v) is 6.46. The molecule has 0 atom stereocenters. The number of halogens is 3. The highest BCUT2D eigenvalue weighted by atomic mass is 127. The zero-order valence-electron chi connectivity index (χ0n) is 10.4. The van der Waals surface area contributed by atoms with Crippen LogP contribution in [-0.2, 0) is 0 Å². The number of hydrogen-bond donors (Lipinski definition) is 1. The van der Waals surface area contributed by atoms with Crippen LogP contribution in [0.3, 0.4) is 0 Å². The molecular formula is C14H9ClFIN2S. The van der Waals surface area contributed by atoms with Crippen LogP contribution in [-0.4, -0.2) is 9.55 Å². The first-order valence-electron chi connectivity index (χ1n) is 5.83. The van der Waals surface area contributed by atoms with Crippen molar-refractivity contribution < 1.29 is 4.39 Å². The van der Waals surface area contributed by atoms with Crippen LogP contribution < -0.4 is 0 Å². The molecule has 0 fully saturated rings. The molecule has 0 saturated carbocycles. The van der Waals surface area contributed by atoms with Gasteiger partial charge in [0.1, 0.15) is 5.82 Å². The molecule has 1 N–H and O–H groups in total. The van der Waals surface area contributed by atoms with Gasteiger partial charge in [-0.3, -0.25) is 4.57 Å². The molecule has 3 aromatic rings. The molecule has 0 bridgehead atoms. The van der Waals surface area contributed by atoms with E-state index in [2.05, 4.69) is 4.98 Å². The number of H-pyrrole nitrogens is 1. The van der Waals surface area contributed by atoms with Crippen LogP contribution in [0.15, 0.2) is 30.3 Å². The maximum Gasteiger partial charge on any atom is 0.182 e. The summed E-state index contributed by atoms with van der Waals surface area (Å²) in [4.78, 5) is 3.08. The lowest BCUT2D eigenvalue weighted by atomic mass is 10.2. The summed E-state index contributed by atoms with van der Waals surface area (Å²) in [5.74, 6) is -0.274. The number of nitrogens with one attached hydrogen (secondary N) is 1. The predicted octanol–water partition coefficient (Wildman–Crippen LogP) is 5.39. The first kappa shape index (κ1) is 14.0. The SMILES string of the molecule is Cc1ccc(-n2c(=S)[nH]c3cc(I)c(F)cc32)c(Cl)c1. The highest BCUT2D eigenvalue weighted by Gasteiger charge is 2.12. The standard InChI is InChI=1S/C14H9ClFIN2S/c1-7-2-3-12(8(15)4-7)19-13-5-9(16)10(17)6-11(13)18-14(19)20/h2-6H,1H3,(H,18,20). The van der Waals surface area contributed by atoms with E-state index in [9.17, 15) is 4.39 Å². The topological polar surface area (TPSA) is 20.7 Å². The zero-order chi connectivity index (χ0) is 14.4. The molecule has 1 aromatic heterocycles. The first-order chi connectivity index (χ1) is 9.47. The van der Waals surface area contributed by atoms with Gasteiger partial charge in [-0.1, -0.05) is 17.7 Å². The summed E-state index contributed by atoms with van der Waals surface area (Å²) in [6.07, 6.45) is 0. The van der Waals surface area contributed by atoms with Gasteiger partial charge in [0.15, 0.2) is 4.77 Å². The average molecular weight is 419 g/mol. The molecule has 0 unspecified atom stereocenters. The number of imidazole rings is 1. The largest absolute Gasteiger partial charge is 0.330 e. The van der Waals surface area contributed by atoms with Crippen LogP contribution in [0.25, 0.3) is 16.7 Å². The van der Waals surface area contributed by atoms with Gasteiger partial charge in [0.25, 0.3) is 0 Å². The van der Waals surface area contributed by atoms with Crippen LogP contribution in [0.5, 0.6) is 0 Å². The van der Waals surface area contributed by atoms with Gasteiger partial charge in [-0.25, -0.2) is 4.39 Å². The molecule has 6 heteroatoms. The van der Waals surface area contributed by atoms with Crippen LogP contribution in [0, 0.1) is 21.1 Å². The highest BCUT2D eigenvalue weighted by molar-refractivity contribution is 14.1. The number of nitrogens with zero attached hydrogens (tertiary/aromatic N) is 1. The van der Waals surface area contributed by atoms with Crippen molar-refractivity contribution in [2.24, 2.45) is 0 Å². The van der Waals surface area contributed by atoms with Crippen molar-refractivity contribution in [1.82, 2.24) is 9.55 Å². The Morgan fingerprint density at radius 3 is 2.75 bits per heavy atom. The molecule has 2 nitrogen and oxygen atoms in total. The maximum absolute atomic E-state index is 13.8. The van der Waals surface area contributed by atoms with Crippen molar-refractivity contribution in [2.75, 3.05) is 0 Å². The number of aromatic amines is 1. The number of aromatic nitrogens is 2. The van der Waals surface area contributed by atoms with Crippen LogP contribution in [0.4, 0.5) is 4.39 Å². The summed E-state index contributed by atoms with van der Waals surface area (Å²) in [5, 5.41) is 0.584. The summed E-state index contributed by atoms with van der Waals surface area (Å²) in [6.45, 7) is 1.96. The van der Waals surface area contributed by atoms with E-state index >= 15 is 0 Å². The Labute approximate surface area is 138 Å². The summed E-state index contributed by atoms with van der Waals surface area (Å²) >= 11 is 13.6. The Morgan fingerprint density at radius 2 is 2.05 bits per heavy atom. The molecule has 0 aliphatic heterocycles. The van der Waals surface area contributed by atoms with Gasteiger partial charge in [0.05, 0.1) is 25.3 Å². The van der Waals surface area contributed by atoms with E-state index in [0.717, 1.165) is 16.8 Å².